The number of aromatic nitrogens is 2. The first kappa shape index (κ1) is 12.8. The van der Waals surface area contributed by atoms with Crippen molar-refractivity contribution in [1.82, 2.24) is 15.1 Å². The highest BCUT2D eigenvalue weighted by molar-refractivity contribution is 5.41. The highest BCUT2D eigenvalue weighted by atomic mass is 15.2. The van der Waals surface area contributed by atoms with Crippen LogP contribution in [-0.2, 0) is 7.05 Å². The summed E-state index contributed by atoms with van der Waals surface area (Å²) in [5.41, 5.74) is 6.53. The Kier molecular flexibility index (Phi) is 3.53. The van der Waals surface area contributed by atoms with Crippen molar-refractivity contribution >= 4 is 0 Å². The number of nitrogens with zero attached hydrogens (tertiary/aromatic N) is 2. The first-order valence-corrected chi connectivity index (χ1v) is 6.26. The molecule has 0 saturated heterocycles. The van der Waals surface area contributed by atoms with Crippen LogP contribution in [0.2, 0.25) is 0 Å². The lowest BCUT2D eigenvalue weighted by atomic mass is 9.93. The van der Waals surface area contributed by atoms with Crippen molar-refractivity contribution < 1.29 is 0 Å². The van der Waals surface area contributed by atoms with E-state index in [-0.39, 0.29) is 6.04 Å². The van der Waals surface area contributed by atoms with Gasteiger partial charge in [0.2, 0.25) is 0 Å². The summed E-state index contributed by atoms with van der Waals surface area (Å²) in [6.45, 7) is 6.49. The fourth-order valence-electron chi connectivity index (χ4n) is 2.38. The van der Waals surface area contributed by atoms with Crippen LogP contribution in [0.5, 0.6) is 0 Å². The molecule has 0 aliphatic carbocycles. The Labute approximate surface area is 109 Å². The highest BCUT2D eigenvalue weighted by Crippen LogP contribution is 2.26. The molecule has 1 aromatic carbocycles. The van der Waals surface area contributed by atoms with Gasteiger partial charge in [0.15, 0.2) is 0 Å². The topological polar surface area (TPSA) is 29.9 Å². The van der Waals surface area contributed by atoms with E-state index >= 15 is 0 Å². The van der Waals surface area contributed by atoms with E-state index in [9.17, 15) is 0 Å². The zero-order valence-electron chi connectivity index (χ0n) is 11.8. The molecule has 0 aliphatic rings. The first-order valence-electron chi connectivity index (χ1n) is 6.26. The van der Waals surface area contributed by atoms with Crippen LogP contribution in [0.1, 0.15) is 33.9 Å². The molecule has 1 aromatic heterocycles. The predicted molar refractivity (Wildman–Crippen MR) is 74.8 cm³/mol. The van der Waals surface area contributed by atoms with Crippen LogP contribution in [-0.4, -0.2) is 16.8 Å². The van der Waals surface area contributed by atoms with Crippen LogP contribution in [0.4, 0.5) is 0 Å². The smallest absolute Gasteiger partial charge is 0.0608 e. The second kappa shape index (κ2) is 4.94. The van der Waals surface area contributed by atoms with E-state index in [1.807, 2.05) is 25.0 Å². The minimum atomic E-state index is 0.206. The van der Waals surface area contributed by atoms with Crippen molar-refractivity contribution in [1.29, 1.82) is 0 Å². The summed E-state index contributed by atoms with van der Waals surface area (Å²) in [7, 11) is 3.94. The Bertz CT molecular complexity index is 555. The quantitative estimate of drug-likeness (QED) is 0.898. The Balaban J connectivity index is 2.48. The molecule has 1 unspecified atom stereocenters. The van der Waals surface area contributed by atoms with Gasteiger partial charge in [-0.15, -0.1) is 0 Å². The summed E-state index contributed by atoms with van der Waals surface area (Å²) in [5.74, 6) is 0. The van der Waals surface area contributed by atoms with Crippen LogP contribution >= 0.6 is 0 Å². The molecule has 3 heteroatoms. The van der Waals surface area contributed by atoms with E-state index in [1.54, 1.807) is 0 Å². The molecular weight excluding hydrogens is 222 g/mol. The monoisotopic (exact) mass is 243 g/mol. The lowest BCUT2D eigenvalue weighted by Crippen LogP contribution is -2.18. The van der Waals surface area contributed by atoms with E-state index in [4.69, 9.17) is 0 Å². The lowest BCUT2D eigenvalue weighted by Gasteiger charge is -2.19. The number of hydrogen-bond acceptors (Lipinski definition) is 2. The van der Waals surface area contributed by atoms with Gasteiger partial charge in [-0.1, -0.05) is 12.1 Å². The second-order valence-corrected chi connectivity index (χ2v) is 4.96. The minimum absolute atomic E-state index is 0.206. The van der Waals surface area contributed by atoms with Gasteiger partial charge >= 0.3 is 0 Å². The number of hydrogen-bond donors (Lipinski definition) is 1. The number of nitrogens with one attached hydrogen (secondary N) is 1. The maximum absolute atomic E-state index is 4.26. The molecule has 0 fully saturated rings. The standard InChI is InChI=1S/C15H21N3/c1-10-6-12(3)14(7-11(10)2)15(16-4)13-8-17-18(5)9-13/h6-9,15-16H,1-5H3. The van der Waals surface area contributed by atoms with Crippen molar-refractivity contribution in [3.05, 3.63) is 52.3 Å². The number of rotatable bonds is 3. The fraction of sp³-hybridized carbons (Fsp3) is 0.400. The third kappa shape index (κ3) is 2.31. The third-order valence-corrected chi connectivity index (χ3v) is 3.54. The van der Waals surface area contributed by atoms with Crippen LogP contribution in [0.25, 0.3) is 0 Å². The SMILES string of the molecule is CNC(c1cnn(C)c1)c1cc(C)c(C)cc1C. The average molecular weight is 243 g/mol. The summed E-state index contributed by atoms with van der Waals surface area (Å²) in [4.78, 5) is 0. The van der Waals surface area contributed by atoms with Crippen molar-refractivity contribution in [2.24, 2.45) is 7.05 Å². The molecule has 0 radical (unpaired) electrons. The van der Waals surface area contributed by atoms with Crippen LogP contribution < -0.4 is 5.32 Å². The molecule has 0 amide bonds. The second-order valence-electron chi connectivity index (χ2n) is 4.96. The van der Waals surface area contributed by atoms with E-state index < -0.39 is 0 Å². The zero-order valence-corrected chi connectivity index (χ0v) is 11.8. The summed E-state index contributed by atoms with van der Waals surface area (Å²) < 4.78 is 1.84. The molecular formula is C15H21N3. The van der Waals surface area contributed by atoms with Gasteiger partial charge in [0.05, 0.1) is 12.2 Å². The fourth-order valence-corrected chi connectivity index (χ4v) is 2.38. The summed E-state index contributed by atoms with van der Waals surface area (Å²) >= 11 is 0. The lowest BCUT2D eigenvalue weighted by molar-refractivity contribution is 0.684. The van der Waals surface area contributed by atoms with E-state index in [0.717, 1.165) is 0 Å². The molecule has 0 aliphatic heterocycles. The Morgan fingerprint density at radius 3 is 2.33 bits per heavy atom. The molecule has 0 bridgehead atoms. The van der Waals surface area contributed by atoms with Crippen molar-refractivity contribution in [3.8, 4) is 0 Å². The molecule has 18 heavy (non-hydrogen) atoms. The van der Waals surface area contributed by atoms with E-state index in [1.165, 1.54) is 27.8 Å². The molecule has 3 nitrogen and oxygen atoms in total. The number of benzene rings is 1. The average Bonchev–Trinajstić information content (AvgIpc) is 2.73. The minimum Gasteiger partial charge on any atom is -0.309 e. The third-order valence-electron chi connectivity index (χ3n) is 3.54. The zero-order chi connectivity index (χ0) is 13.3. The normalized spacial score (nSPS) is 12.7. The van der Waals surface area contributed by atoms with Gasteiger partial charge in [-0.3, -0.25) is 4.68 Å². The van der Waals surface area contributed by atoms with Gasteiger partial charge in [0, 0.05) is 18.8 Å². The van der Waals surface area contributed by atoms with Gasteiger partial charge in [0.1, 0.15) is 0 Å². The highest BCUT2D eigenvalue weighted by Gasteiger charge is 2.16. The van der Waals surface area contributed by atoms with Crippen molar-refractivity contribution in [3.63, 3.8) is 0 Å². The Morgan fingerprint density at radius 2 is 1.78 bits per heavy atom. The molecule has 2 aromatic rings. The van der Waals surface area contributed by atoms with Crippen LogP contribution in [0.3, 0.4) is 0 Å². The molecule has 0 spiro atoms. The molecule has 96 valence electrons. The largest absolute Gasteiger partial charge is 0.309 e. The van der Waals surface area contributed by atoms with E-state index in [2.05, 4.69) is 49.5 Å². The molecule has 1 N–H and O–H groups in total. The van der Waals surface area contributed by atoms with Gasteiger partial charge in [0.25, 0.3) is 0 Å². The van der Waals surface area contributed by atoms with Gasteiger partial charge in [-0.2, -0.15) is 5.10 Å². The maximum atomic E-state index is 4.26. The summed E-state index contributed by atoms with van der Waals surface area (Å²) in [6, 6.07) is 4.74. The predicted octanol–water partition coefficient (Wildman–Crippen LogP) is 2.65. The number of aryl methyl sites for hydroxylation is 4. The first-order chi connectivity index (χ1) is 8.52. The van der Waals surface area contributed by atoms with Gasteiger partial charge in [-0.25, -0.2) is 0 Å². The summed E-state index contributed by atoms with van der Waals surface area (Å²) in [6.07, 6.45) is 3.99. The molecule has 1 heterocycles. The summed E-state index contributed by atoms with van der Waals surface area (Å²) in [5, 5.41) is 7.64. The Morgan fingerprint density at radius 1 is 1.11 bits per heavy atom. The molecule has 2 rings (SSSR count). The van der Waals surface area contributed by atoms with Crippen LogP contribution in [0.15, 0.2) is 24.5 Å². The van der Waals surface area contributed by atoms with Crippen molar-refractivity contribution in [2.45, 2.75) is 26.8 Å². The maximum Gasteiger partial charge on any atom is 0.0608 e. The van der Waals surface area contributed by atoms with Gasteiger partial charge < -0.3 is 5.32 Å². The molecule has 0 saturated carbocycles. The van der Waals surface area contributed by atoms with Gasteiger partial charge in [-0.05, 0) is 50.1 Å². The van der Waals surface area contributed by atoms with Crippen molar-refractivity contribution in [2.75, 3.05) is 7.05 Å². The Hall–Kier alpha value is -1.61. The van der Waals surface area contributed by atoms with E-state index in [0.29, 0.717) is 0 Å². The molecule has 1 atom stereocenters. The van der Waals surface area contributed by atoms with Crippen LogP contribution in [0, 0.1) is 20.8 Å².